The Morgan fingerprint density at radius 1 is 1.18 bits per heavy atom. The second-order valence-electron chi connectivity index (χ2n) is 4.64. The van der Waals surface area contributed by atoms with Crippen LogP contribution >= 0.6 is 0 Å². The van der Waals surface area contributed by atoms with Gasteiger partial charge in [-0.3, -0.25) is 0 Å². The molecule has 0 saturated carbocycles. The Morgan fingerprint density at radius 3 is 2.36 bits per heavy atom. The van der Waals surface area contributed by atoms with Crippen molar-refractivity contribution in [1.29, 1.82) is 0 Å². The molecule has 1 heterocycles. The van der Waals surface area contributed by atoms with Crippen molar-refractivity contribution in [1.82, 2.24) is 9.88 Å². The minimum absolute atomic E-state index is 0.229. The molecule has 0 spiro atoms. The molecule has 22 heavy (non-hydrogen) atoms. The molecule has 2 aromatic rings. The first-order chi connectivity index (χ1) is 10.6. The predicted molar refractivity (Wildman–Crippen MR) is 86.5 cm³/mol. The zero-order valence-electron chi connectivity index (χ0n) is 13.4. The van der Waals surface area contributed by atoms with E-state index in [0.29, 0.717) is 11.6 Å². The third kappa shape index (κ3) is 5.18. The summed E-state index contributed by atoms with van der Waals surface area (Å²) in [4.78, 5) is 17.0. The van der Waals surface area contributed by atoms with Crippen molar-refractivity contribution in [3.05, 3.63) is 53.7 Å². The molecule has 0 fully saturated rings. The van der Waals surface area contributed by atoms with Crippen LogP contribution in [0.1, 0.15) is 29.8 Å². The van der Waals surface area contributed by atoms with Crippen LogP contribution in [0.15, 0.2) is 42.6 Å². The van der Waals surface area contributed by atoms with Gasteiger partial charge >= 0.3 is 5.97 Å². The Morgan fingerprint density at radius 2 is 1.82 bits per heavy atom. The summed E-state index contributed by atoms with van der Waals surface area (Å²) in [5.41, 5.74) is 1.20. The van der Waals surface area contributed by atoms with Gasteiger partial charge in [0.1, 0.15) is 5.75 Å². The zero-order valence-corrected chi connectivity index (χ0v) is 13.4. The molecule has 0 amide bonds. The van der Waals surface area contributed by atoms with Crippen LogP contribution < -0.4 is 4.74 Å². The molecule has 1 aromatic carbocycles. The summed E-state index contributed by atoms with van der Waals surface area (Å²) in [7, 11) is 3.94. The summed E-state index contributed by atoms with van der Waals surface area (Å²) >= 11 is 0. The van der Waals surface area contributed by atoms with Crippen LogP contribution in [0.3, 0.4) is 0 Å². The number of nitrogens with zero attached hydrogens (tertiary/aromatic N) is 2. The average Bonchev–Trinajstić information content (AvgIpc) is 2.51. The van der Waals surface area contributed by atoms with Gasteiger partial charge in [-0.15, -0.1) is 0 Å². The van der Waals surface area contributed by atoms with Gasteiger partial charge in [-0.05, 0) is 44.4 Å². The highest BCUT2D eigenvalue weighted by molar-refractivity contribution is 5.87. The summed E-state index contributed by atoms with van der Waals surface area (Å²) in [6.45, 7) is 4.72. The van der Waals surface area contributed by atoms with E-state index in [2.05, 4.69) is 4.98 Å². The number of aromatic carboxylic acids is 1. The molecule has 0 aliphatic heterocycles. The van der Waals surface area contributed by atoms with E-state index in [-0.39, 0.29) is 5.56 Å². The SMILES string of the molecule is CC.CN(C)Cc1cccnc1Oc1ccc(C(=O)O)cc1. The molecule has 0 aliphatic rings. The summed E-state index contributed by atoms with van der Waals surface area (Å²) in [5, 5.41) is 8.85. The molecule has 0 atom stereocenters. The van der Waals surface area contributed by atoms with Crippen LogP contribution in [0.2, 0.25) is 0 Å². The van der Waals surface area contributed by atoms with Crippen LogP contribution in [0.5, 0.6) is 11.6 Å². The number of carboxylic acid groups (broad SMARTS) is 1. The molecule has 0 radical (unpaired) electrons. The lowest BCUT2D eigenvalue weighted by atomic mass is 10.2. The second-order valence-corrected chi connectivity index (χ2v) is 4.64. The lowest BCUT2D eigenvalue weighted by molar-refractivity contribution is 0.0697. The van der Waals surface area contributed by atoms with E-state index in [1.165, 1.54) is 12.1 Å². The second kappa shape index (κ2) is 8.79. The standard InChI is InChI=1S/C15H16N2O3.C2H6/c1-17(2)10-12-4-3-9-16-14(12)20-13-7-5-11(6-8-13)15(18)19;1-2/h3-9H,10H2,1-2H3,(H,18,19);1-2H3. The quantitative estimate of drug-likeness (QED) is 0.913. The molecule has 118 valence electrons. The molecule has 0 aliphatic carbocycles. The van der Waals surface area contributed by atoms with E-state index in [1.807, 2.05) is 45.0 Å². The molecule has 5 nitrogen and oxygen atoms in total. The van der Waals surface area contributed by atoms with E-state index < -0.39 is 5.97 Å². The van der Waals surface area contributed by atoms with Gasteiger partial charge in [0.05, 0.1) is 5.56 Å². The third-order valence-electron chi connectivity index (χ3n) is 2.65. The highest BCUT2D eigenvalue weighted by Crippen LogP contribution is 2.23. The summed E-state index contributed by atoms with van der Waals surface area (Å²) in [6.07, 6.45) is 1.67. The normalized spacial score (nSPS) is 9.86. The van der Waals surface area contributed by atoms with Crippen LogP contribution in [0, 0.1) is 0 Å². The highest BCUT2D eigenvalue weighted by atomic mass is 16.5. The fourth-order valence-corrected chi connectivity index (χ4v) is 1.75. The number of rotatable bonds is 5. The minimum atomic E-state index is -0.956. The Labute approximate surface area is 131 Å². The fourth-order valence-electron chi connectivity index (χ4n) is 1.75. The minimum Gasteiger partial charge on any atom is -0.478 e. The number of hydrogen-bond acceptors (Lipinski definition) is 4. The van der Waals surface area contributed by atoms with Gasteiger partial charge in [-0.2, -0.15) is 0 Å². The van der Waals surface area contributed by atoms with Crippen molar-refractivity contribution >= 4 is 5.97 Å². The first-order valence-electron chi connectivity index (χ1n) is 7.16. The Balaban J connectivity index is 0.00000116. The molecule has 0 unspecified atom stereocenters. The maximum atomic E-state index is 10.8. The molecule has 5 heteroatoms. The van der Waals surface area contributed by atoms with Crippen molar-refractivity contribution in [2.75, 3.05) is 14.1 Å². The van der Waals surface area contributed by atoms with Crippen molar-refractivity contribution in [2.24, 2.45) is 0 Å². The number of pyridine rings is 1. The topological polar surface area (TPSA) is 62.7 Å². The van der Waals surface area contributed by atoms with Gasteiger partial charge in [0.15, 0.2) is 0 Å². The number of aromatic nitrogens is 1. The maximum absolute atomic E-state index is 10.8. The molecule has 2 rings (SSSR count). The monoisotopic (exact) mass is 302 g/mol. The van der Waals surface area contributed by atoms with Crippen molar-refractivity contribution in [2.45, 2.75) is 20.4 Å². The lowest BCUT2D eigenvalue weighted by Crippen LogP contribution is -2.11. The molecule has 1 N–H and O–H groups in total. The first kappa shape index (κ1) is 17.7. The van der Waals surface area contributed by atoms with Gasteiger partial charge in [0.2, 0.25) is 5.88 Å². The van der Waals surface area contributed by atoms with E-state index in [1.54, 1.807) is 18.3 Å². The van der Waals surface area contributed by atoms with E-state index in [4.69, 9.17) is 9.84 Å². The predicted octanol–water partition coefficient (Wildman–Crippen LogP) is 3.66. The smallest absolute Gasteiger partial charge is 0.335 e. The summed E-state index contributed by atoms with van der Waals surface area (Å²) in [5.74, 6) is 0.140. The van der Waals surface area contributed by atoms with Crippen LogP contribution in [-0.4, -0.2) is 35.1 Å². The molecular formula is C17H22N2O3. The number of ether oxygens (including phenoxy) is 1. The van der Waals surface area contributed by atoms with Crippen molar-refractivity contribution in [3.8, 4) is 11.6 Å². The van der Waals surface area contributed by atoms with Gasteiger partial charge < -0.3 is 14.7 Å². The van der Waals surface area contributed by atoms with E-state index in [0.717, 1.165) is 12.1 Å². The molecule has 0 bridgehead atoms. The largest absolute Gasteiger partial charge is 0.478 e. The van der Waals surface area contributed by atoms with E-state index in [9.17, 15) is 4.79 Å². The van der Waals surface area contributed by atoms with Crippen LogP contribution in [0.4, 0.5) is 0 Å². The Bertz CT molecular complexity index is 595. The first-order valence-corrected chi connectivity index (χ1v) is 7.16. The summed E-state index contributed by atoms with van der Waals surface area (Å²) < 4.78 is 5.71. The van der Waals surface area contributed by atoms with Crippen molar-refractivity contribution < 1.29 is 14.6 Å². The van der Waals surface area contributed by atoms with Gasteiger partial charge in [-0.1, -0.05) is 19.9 Å². The molecule has 0 saturated heterocycles. The number of benzene rings is 1. The average molecular weight is 302 g/mol. The lowest BCUT2D eigenvalue weighted by Gasteiger charge is -2.13. The molecule has 1 aromatic heterocycles. The van der Waals surface area contributed by atoms with E-state index >= 15 is 0 Å². The zero-order chi connectivity index (χ0) is 16.5. The summed E-state index contributed by atoms with van der Waals surface area (Å²) in [6, 6.07) is 10.1. The van der Waals surface area contributed by atoms with Gasteiger partial charge in [0.25, 0.3) is 0 Å². The molecular weight excluding hydrogens is 280 g/mol. The van der Waals surface area contributed by atoms with Crippen LogP contribution in [0.25, 0.3) is 0 Å². The van der Waals surface area contributed by atoms with Crippen molar-refractivity contribution in [3.63, 3.8) is 0 Å². The third-order valence-corrected chi connectivity index (χ3v) is 2.65. The fraction of sp³-hybridized carbons (Fsp3) is 0.294. The van der Waals surface area contributed by atoms with Gasteiger partial charge in [-0.25, -0.2) is 9.78 Å². The Hall–Kier alpha value is -2.40. The number of carbonyl (C=O) groups is 1. The van der Waals surface area contributed by atoms with Gasteiger partial charge in [0, 0.05) is 18.3 Å². The Kier molecular flexibility index (Phi) is 7.05. The van der Waals surface area contributed by atoms with Crippen LogP contribution in [-0.2, 0) is 6.54 Å². The maximum Gasteiger partial charge on any atom is 0.335 e. The number of carboxylic acids is 1. The highest BCUT2D eigenvalue weighted by Gasteiger charge is 2.08. The number of hydrogen-bond donors (Lipinski definition) is 1.